The van der Waals surface area contributed by atoms with Crippen LogP contribution in [0, 0.1) is 5.82 Å². The standard InChI is InChI=1S/C36H37FN6O4/c1-2-19-38-22-34(45)43-32(20-25-11-17-30(44)18-12-25)35(46)42(24-33(43)41-36(47)39-21-26-7-4-3-5-8-26)23-29-9-6-10-31(40-29)27-13-15-28(37)16-14-27/h2-18,32-33,38,44H,1,19-24H2,(H2,39,41,47)/p+1. The Hall–Kier alpha value is -5.55. The van der Waals surface area contributed by atoms with E-state index in [1.807, 2.05) is 42.5 Å². The minimum atomic E-state index is -0.947. The van der Waals surface area contributed by atoms with Crippen molar-refractivity contribution in [2.24, 2.45) is 0 Å². The molecule has 4 amide bonds. The van der Waals surface area contributed by atoms with Crippen LogP contribution in [-0.4, -0.2) is 69.6 Å². The van der Waals surface area contributed by atoms with Gasteiger partial charge in [-0.15, -0.1) is 0 Å². The summed E-state index contributed by atoms with van der Waals surface area (Å²) >= 11 is 0. The van der Waals surface area contributed by atoms with E-state index in [1.54, 1.807) is 46.6 Å². The molecule has 0 saturated carbocycles. The molecule has 0 spiro atoms. The number of nitrogens with one attached hydrogen (secondary N) is 2. The van der Waals surface area contributed by atoms with Crippen molar-refractivity contribution in [3.8, 4) is 17.0 Å². The summed E-state index contributed by atoms with van der Waals surface area (Å²) in [4.78, 5) is 49.0. The number of nitrogens with zero attached hydrogens (tertiary/aromatic N) is 3. The SMILES string of the molecule is C=CC[NH2+]CC(=O)N1C(NC(=O)NCc2ccccc2)CN(Cc2cccc(-c3ccc(F)cc3)n2)C(=O)C1Cc1ccc(O)cc1. The molecule has 3 aromatic carbocycles. The number of phenols is 1. The van der Waals surface area contributed by atoms with Crippen LogP contribution in [0.1, 0.15) is 16.8 Å². The molecule has 0 radical (unpaired) electrons. The zero-order valence-electron chi connectivity index (χ0n) is 25.9. The largest absolute Gasteiger partial charge is 0.508 e. The number of carbonyl (C=O) groups excluding carboxylic acids is 3. The topological polar surface area (TPSA) is 131 Å². The monoisotopic (exact) mass is 637 g/mol. The van der Waals surface area contributed by atoms with Crippen LogP contribution in [0.4, 0.5) is 9.18 Å². The average molecular weight is 638 g/mol. The van der Waals surface area contributed by atoms with E-state index in [4.69, 9.17) is 4.98 Å². The number of amides is 4. The van der Waals surface area contributed by atoms with Gasteiger partial charge in [-0.3, -0.25) is 14.6 Å². The summed E-state index contributed by atoms with van der Waals surface area (Å²) in [6.45, 7) is 4.70. The normalized spacial score (nSPS) is 16.1. The number of nitrogens with two attached hydrogens (primary N) is 1. The molecule has 0 aliphatic carbocycles. The van der Waals surface area contributed by atoms with Crippen LogP contribution in [-0.2, 0) is 29.1 Å². The van der Waals surface area contributed by atoms with E-state index in [-0.39, 0.29) is 56.0 Å². The number of phenolic OH excluding ortho intramolecular Hbond substituents is 1. The van der Waals surface area contributed by atoms with Crippen molar-refractivity contribution in [2.75, 3.05) is 19.6 Å². The summed E-state index contributed by atoms with van der Waals surface area (Å²) in [6.07, 6.45) is 0.996. The number of piperazine rings is 1. The number of urea groups is 1. The minimum Gasteiger partial charge on any atom is -0.508 e. The average Bonchev–Trinajstić information content (AvgIpc) is 3.08. The molecule has 1 aliphatic rings. The van der Waals surface area contributed by atoms with Crippen molar-refractivity contribution in [1.82, 2.24) is 25.4 Å². The van der Waals surface area contributed by atoms with Crippen molar-refractivity contribution in [3.63, 3.8) is 0 Å². The summed E-state index contributed by atoms with van der Waals surface area (Å²) in [5, 5.41) is 17.4. The lowest BCUT2D eigenvalue weighted by Gasteiger charge is -2.45. The Balaban J connectivity index is 1.44. The number of halogens is 1. The summed E-state index contributed by atoms with van der Waals surface area (Å²) in [7, 11) is 0. The molecule has 2 atom stereocenters. The van der Waals surface area contributed by atoms with Crippen molar-refractivity contribution < 1.29 is 29.2 Å². The lowest BCUT2D eigenvalue weighted by atomic mass is 9.99. The summed E-state index contributed by atoms with van der Waals surface area (Å²) in [5.74, 6) is -0.879. The van der Waals surface area contributed by atoms with E-state index in [0.29, 0.717) is 17.9 Å². The highest BCUT2D eigenvalue weighted by atomic mass is 19.1. The van der Waals surface area contributed by atoms with Crippen LogP contribution >= 0.6 is 0 Å². The molecule has 2 unspecified atom stereocenters. The zero-order valence-corrected chi connectivity index (χ0v) is 25.9. The molecule has 242 valence electrons. The molecular weight excluding hydrogens is 599 g/mol. The quantitative estimate of drug-likeness (QED) is 0.140. The Bertz CT molecular complexity index is 1680. The predicted octanol–water partition coefficient (Wildman–Crippen LogP) is 2.95. The highest BCUT2D eigenvalue weighted by molar-refractivity contribution is 5.90. The van der Waals surface area contributed by atoms with Crippen molar-refractivity contribution in [1.29, 1.82) is 0 Å². The van der Waals surface area contributed by atoms with E-state index in [1.165, 1.54) is 29.2 Å². The van der Waals surface area contributed by atoms with Crippen molar-refractivity contribution in [3.05, 3.63) is 132 Å². The first-order valence-electron chi connectivity index (χ1n) is 15.4. The molecule has 5 N–H and O–H groups in total. The molecule has 5 rings (SSSR count). The summed E-state index contributed by atoms with van der Waals surface area (Å²) < 4.78 is 13.5. The summed E-state index contributed by atoms with van der Waals surface area (Å²) in [6, 6.07) is 25.9. The van der Waals surface area contributed by atoms with Gasteiger partial charge in [-0.05, 0) is 65.7 Å². The number of rotatable bonds is 12. The lowest BCUT2D eigenvalue weighted by molar-refractivity contribution is -0.635. The van der Waals surface area contributed by atoms with E-state index >= 15 is 0 Å². The molecular formula is C36H38FN6O4+. The van der Waals surface area contributed by atoms with Gasteiger partial charge in [0.1, 0.15) is 23.8 Å². The van der Waals surface area contributed by atoms with E-state index in [0.717, 1.165) is 16.7 Å². The van der Waals surface area contributed by atoms with Crippen molar-refractivity contribution in [2.45, 2.75) is 31.7 Å². The van der Waals surface area contributed by atoms with Crippen LogP contribution in [0.25, 0.3) is 11.3 Å². The maximum Gasteiger partial charge on any atom is 0.316 e. The third kappa shape index (κ3) is 8.80. The van der Waals surface area contributed by atoms with Crippen LogP contribution in [0.3, 0.4) is 0 Å². The fourth-order valence-corrected chi connectivity index (χ4v) is 5.54. The first kappa shape index (κ1) is 32.8. The number of hydrogen-bond donors (Lipinski definition) is 4. The second kappa shape index (κ2) is 15.6. The van der Waals surface area contributed by atoms with Crippen LogP contribution in [0.5, 0.6) is 5.75 Å². The highest BCUT2D eigenvalue weighted by Crippen LogP contribution is 2.24. The third-order valence-corrected chi connectivity index (χ3v) is 7.86. The van der Waals surface area contributed by atoms with Gasteiger partial charge in [0.2, 0.25) is 5.91 Å². The van der Waals surface area contributed by atoms with E-state index in [9.17, 15) is 23.9 Å². The Kier molecular flexibility index (Phi) is 10.9. The van der Waals surface area contributed by atoms with Gasteiger partial charge in [0.15, 0.2) is 6.54 Å². The number of pyridine rings is 1. The molecule has 1 fully saturated rings. The second-order valence-corrected chi connectivity index (χ2v) is 11.3. The fourth-order valence-electron chi connectivity index (χ4n) is 5.54. The minimum absolute atomic E-state index is 0.0271. The zero-order chi connectivity index (χ0) is 33.2. The molecule has 4 aromatic rings. The molecule has 0 bridgehead atoms. The molecule has 1 aliphatic heterocycles. The Morgan fingerprint density at radius 2 is 1.72 bits per heavy atom. The summed E-state index contributed by atoms with van der Waals surface area (Å²) in [5.41, 5.74) is 3.59. The molecule has 1 aromatic heterocycles. The first-order valence-corrected chi connectivity index (χ1v) is 15.4. The van der Waals surface area contributed by atoms with Gasteiger partial charge in [-0.2, -0.15) is 0 Å². The van der Waals surface area contributed by atoms with Gasteiger partial charge in [-0.25, -0.2) is 9.18 Å². The Morgan fingerprint density at radius 1 is 0.979 bits per heavy atom. The Labute approximate surface area is 272 Å². The molecule has 11 heteroatoms. The highest BCUT2D eigenvalue weighted by Gasteiger charge is 2.44. The number of aromatic hydroxyl groups is 1. The predicted molar refractivity (Wildman–Crippen MR) is 175 cm³/mol. The second-order valence-electron chi connectivity index (χ2n) is 11.3. The molecule has 2 heterocycles. The van der Waals surface area contributed by atoms with Gasteiger partial charge in [0.25, 0.3) is 5.91 Å². The maximum atomic E-state index is 14.2. The number of carbonyl (C=O) groups is 3. The number of benzene rings is 3. The maximum absolute atomic E-state index is 14.2. The van der Waals surface area contributed by atoms with E-state index < -0.39 is 18.2 Å². The van der Waals surface area contributed by atoms with Crippen LogP contribution in [0.15, 0.2) is 110 Å². The molecule has 10 nitrogen and oxygen atoms in total. The number of aromatic nitrogens is 1. The third-order valence-electron chi connectivity index (χ3n) is 7.86. The Morgan fingerprint density at radius 3 is 2.45 bits per heavy atom. The van der Waals surface area contributed by atoms with Crippen molar-refractivity contribution >= 4 is 17.8 Å². The van der Waals surface area contributed by atoms with Gasteiger partial charge >= 0.3 is 6.03 Å². The fraction of sp³-hybridized carbons (Fsp3) is 0.222. The first-order chi connectivity index (χ1) is 22.8. The molecule has 47 heavy (non-hydrogen) atoms. The van der Waals surface area contributed by atoms with Gasteiger partial charge in [0.05, 0.1) is 31.0 Å². The van der Waals surface area contributed by atoms with Gasteiger partial charge in [0, 0.05) is 18.5 Å². The van der Waals surface area contributed by atoms with Crippen LogP contribution < -0.4 is 16.0 Å². The van der Waals surface area contributed by atoms with E-state index in [2.05, 4.69) is 17.2 Å². The smallest absolute Gasteiger partial charge is 0.316 e. The number of hydrogen-bond acceptors (Lipinski definition) is 5. The van der Waals surface area contributed by atoms with Gasteiger partial charge < -0.3 is 30.9 Å². The number of quaternary nitrogens is 1. The van der Waals surface area contributed by atoms with Crippen LogP contribution in [0.2, 0.25) is 0 Å². The lowest BCUT2D eigenvalue weighted by Crippen LogP contribution is -2.87. The molecule has 1 saturated heterocycles. The van der Waals surface area contributed by atoms with Gasteiger partial charge in [-0.1, -0.05) is 55.1 Å².